The normalized spacial score (nSPS) is 10.4. The summed E-state index contributed by atoms with van der Waals surface area (Å²) < 4.78 is 0. The predicted molar refractivity (Wildman–Crippen MR) is 83.6 cm³/mol. The molecule has 2 rings (SSSR count). The first-order valence-electron chi connectivity index (χ1n) is 7.25. The van der Waals surface area contributed by atoms with Crippen molar-refractivity contribution in [1.82, 2.24) is 9.88 Å². The van der Waals surface area contributed by atoms with E-state index in [-0.39, 0.29) is 13.2 Å². The van der Waals surface area contributed by atoms with Gasteiger partial charge in [0, 0.05) is 19.3 Å². The molecule has 1 heterocycles. The molecule has 5 nitrogen and oxygen atoms in total. The molecule has 0 aliphatic carbocycles. The van der Waals surface area contributed by atoms with Gasteiger partial charge in [0.05, 0.1) is 12.2 Å². The average Bonchev–Trinajstić information content (AvgIpc) is 2.53. The van der Waals surface area contributed by atoms with Gasteiger partial charge in [-0.3, -0.25) is 4.98 Å². The highest BCUT2D eigenvalue weighted by molar-refractivity contribution is 5.64. The molecule has 2 aromatic rings. The fourth-order valence-electron chi connectivity index (χ4n) is 2.26. The number of rotatable bonds is 7. The molecule has 0 aliphatic rings. The zero-order chi connectivity index (χ0) is 15.8. The third-order valence-corrected chi connectivity index (χ3v) is 3.41. The van der Waals surface area contributed by atoms with Gasteiger partial charge in [-0.2, -0.15) is 0 Å². The Balaban J connectivity index is 1.97. The number of hydrogen-bond donors (Lipinski definition) is 2. The SMILES string of the molecule is O=C(O)N(CCc1cccc(CCO)c1)Cc1ccccn1. The van der Waals surface area contributed by atoms with Gasteiger partial charge in [-0.1, -0.05) is 30.3 Å². The number of aromatic nitrogens is 1. The number of carbonyl (C=O) groups is 1. The van der Waals surface area contributed by atoms with E-state index in [9.17, 15) is 9.90 Å². The lowest BCUT2D eigenvalue weighted by Crippen LogP contribution is -2.31. The van der Waals surface area contributed by atoms with Crippen LogP contribution in [-0.4, -0.2) is 39.3 Å². The van der Waals surface area contributed by atoms with E-state index in [0.29, 0.717) is 19.4 Å². The number of aliphatic hydroxyl groups excluding tert-OH is 1. The first kappa shape index (κ1) is 16.0. The van der Waals surface area contributed by atoms with Gasteiger partial charge < -0.3 is 15.1 Å². The molecular weight excluding hydrogens is 280 g/mol. The number of pyridine rings is 1. The van der Waals surface area contributed by atoms with E-state index in [1.165, 1.54) is 4.90 Å². The van der Waals surface area contributed by atoms with Crippen molar-refractivity contribution in [2.75, 3.05) is 13.2 Å². The van der Waals surface area contributed by atoms with Crippen LogP contribution in [0.15, 0.2) is 48.7 Å². The monoisotopic (exact) mass is 300 g/mol. The number of aliphatic hydroxyl groups is 1. The summed E-state index contributed by atoms with van der Waals surface area (Å²) in [6.45, 7) is 0.811. The first-order valence-corrected chi connectivity index (χ1v) is 7.25. The smallest absolute Gasteiger partial charge is 0.407 e. The minimum Gasteiger partial charge on any atom is -0.465 e. The Kier molecular flexibility index (Phi) is 5.91. The summed E-state index contributed by atoms with van der Waals surface area (Å²) in [5, 5.41) is 18.3. The Morgan fingerprint density at radius 3 is 2.50 bits per heavy atom. The van der Waals surface area contributed by atoms with Crippen molar-refractivity contribution in [2.24, 2.45) is 0 Å². The highest BCUT2D eigenvalue weighted by atomic mass is 16.4. The van der Waals surface area contributed by atoms with Crippen LogP contribution in [0.3, 0.4) is 0 Å². The molecule has 22 heavy (non-hydrogen) atoms. The molecule has 0 radical (unpaired) electrons. The van der Waals surface area contributed by atoms with Gasteiger partial charge in [0.1, 0.15) is 0 Å². The van der Waals surface area contributed by atoms with E-state index in [0.717, 1.165) is 16.8 Å². The third kappa shape index (κ3) is 4.86. The molecule has 0 unspecified atom stereocenters. The van der Waals surface area contributed by atoms with E-state index in [1.807, 2.05) is 36.4 Å². The summed E-state index contributed by atoms with van der Waals surface area (Å²) in [4.78, 5) is 16.9. The van der Waals surface area contributed by atoms with Crippen molar-refractivity contribution in [3.8, 4) is 0 Å². The van der Waals surface area contributed by atoms with Gasteiger partial charge in [-0.15, -0.1) is 0 Å². The fraction of sp³-hybridized carbons (Fsp3) is 0.294. The Hall–Kier alpha value is -2.40. The molecule has 0 bridgehead atoms. The molecule has 1 aromatic heterocycles. The number of amides is 1. The largest absolute Gasteiger partial charge is 0.465 e. The summed E-state index contributed by atoms with van der Waals surface area (Å²) in [6, 6.07) is 13.4. The van der Waals surface area contributed by atoms with Crippen molar-refractivity contribution in [3.05, 3.63) is 65.5 Å². The van der Waals surface area contributed by atoms with E-state index in [1.54, 1.807) is 12.3 Å². The lowest BCUT2D eigenvalue weighted by Gasteiger charge is -2.19. The van der Waals surface area contributed by atoms with Gasteiger partial charge in [0.25, 0.3) is 0 Å². The third-order valence-electron chi connectivity index (χ3n) is 3.41. The second kappa shape index (κ2) is 8.14. The molecule has 0 spiro atoms. The first-order chi connectivity index (χ1) is 10.7. The van der Waals surface area contributed by atoms with Gasteiger partial charge >= 0.3 is 6.09 Å². The van der Waals surface area contributed by atoms with Crippen molar-refractivity contribution < 1.29 is 15.0 Å². The predicted octanol–water partition coefficient (Wildman–Crippen LogP) is 2.34. The summed E-state index contributed by atoms with van der Waals surface area (Å²) in [5.41, 5.74) is 2.86. The number of nitrogens with zero attached hydrogens (tertiary/aromatic N) is 2. The van der Waals surface area contributed by atoms with Crippen LogP contribution in [0.25, 0.3) is 0 Å². The molecule has 0 aliphatic heterocycles. The average molecular weight is 300 g/mol. The summed E-state index contributed by atoms with van der Waals surface area (Å²) in [6.07, 6.45) is 1.97. The molecule has 1 amide bonds. The quantitative estimate of drug-likeness (QED) is 0.823. The lowest BCUT2D eigenvalue weighted by molar-refractivity contribution is 0.142. The van der Waals surface area contributed by atoms with E-state index >= 15 is 0 Å². The Morgan fingerprint density at radius 1 is 1.09 bits per heavy atom. The minimum atomic E-state index is -0.947. The van der Waals surface area contributed by atoms with Crippen LogP contribution < -0.4 is 0 Å². The van der Waals surface area contributed by atoms with Crippen LogP contribution in [-0.2, 0) is 19.4 Å². The highest BCUT2D eigenvalue weighted by Crippen LogP contribution is 2.09. The van der Waals surface area contributed by atoms with Gasteiger partial charge in [-0.25, -0.2) is 4.79 Å². The fourth-order valence-corrected chi connectivity index (χ4v) is 2.26. The minimum absolute atomic E-state index is 0.115. The number of carboxylic acid groups (broad SMARTS) is 1. The van der Waals surface area contributed by atoms with Crippen LogP contribution in [0.1, 0.15) is 16.8 Å². The molecule has 0 atom stereocenters. The van der Waals surface area contributed by atoms with E-state index < -0.39 is 6.09 Å². The van der Waals surface area contributed by atoms with Gasteiger partial charge in [-0.05, 0) is 36.1 Å². The molecule has 116 valence electrons. The van der Waals surface area contributed by atoms with Crippen LogP contribution in [0.4, 0.5) is 4.79 Å². The molecule has 0 fully saturated rings. The maximum absolute atomic E-state index is 11.4. The molecule has 2 N–H and O–H groups in total. The van der Waals surface area contributed by atoms with Gasteiger partial charge in [0.2, 0.25) is 0 Å². The molecule has 5 heteroatoms. The number of benzene rings is 1. The molecule has 0 saturated carbocycles. The second-order valence-corrected chi connectivity index (χ2v) is 5.07. The van der Waals surface area contributed by atoms with E-state index in [4.69, 9.17) is 5.11 Å². The topological polar surface area (TPSA) is 73.7 Å². The van der Waals surface area contributed by atoms with Crippen molar-refractivity contribution >= 4 is 6.09 Å². The number of hydrogen-bond acceptors (Lipinski definition) is 3. The second-order valence-electron chi connectivity index (χ2n) is 5.07. The molecule has 0 saturated heterocycles. The Bertz CT molecular complexity index is 602. The van der Waals surface area contributed by atoms with Crippen LogP contribution in [0, 0.1) is 0 Å². The lowest BCUT2D eigenvalue weighted by atomic mass is 10.1. The zero-order valence-corrected chi connectivity index (χ0v) is 12.4. The standard InChI is InChI=1S/C17H20N2O3/c20-11-8-15-5-3-4-14(12-15)7-10-19(17(21)22)13-16-6-1-2-9-18-16/h1-6,9,12,20H,7-8,10-11,13H2,(H,21,22). The van der Waals surface area contributed by atoms with E-state index in [2.05, 4.69) is 4.98 Å². The molecule has 1 aromatic carbocycles. The van der Waals surface area contributed by atoms with Crippen molar-refractivity contribution in [3.63, 3.8) is 0 Å². The maximum Gasteiger partial charge on any atom is 0.407 e. The van der Waals surface area contributed by atoms with Crippen molar-refractivity contribution in [1.29, 1.82) is 0 Å². The Morgan fingerprint density at radius 2 is 1.86 bits per heavy atom. The van der Waals surface area contributed by atoms with Gasteiger partial charge in [0.15, 0.2) is 0 Å². The maximum atomic E-state index is 11.4. The zero-order valence-electron chi connectivity index (χ0n) is 12.4. The van der Waals surface area contributed by atoms with Crippen LogP contribution in [0.2, 0.25) is 0 Å². The highest BCUT2D eigenvalue weighted by Gasteiger charge is 2.12. The summed E-state index contributed by atoms with van der Waals surface area (Å²) in [7, 11) is 0. The van der Waals surface area contributed by atoms with Crippen LogP contribution in [0.5, 0.6) is 0 Å². The van der Waals surface area contributed by atoms with Crippen LogP contribution >= 0.6 is 0 Å². The summed E-state index contributed by atoms with van der Waals surface area (Å²) in [5.74, 6) is 0. The summed E-state index contributed by atoms with van der Waals surface area (Å²) >= 11 is 0. The Labute approximate surface area is 129 Å². The van der Waals surface area contributed by atoms with Crippen molar-refractivity contribution in [2.45, 2.75) is 19.4 Å². The molecular formula is C17H20N2O3.